The standard InChI is InChI=1S/C10H11IN2OS/c11-9-2-1-8(4-12-9)13-5-7(6-15)3-10(13)14/h1-2,4,7,15H,3,5-6H2. The zero-order chi connectivity index (χ0) is 10.8. The van der Waals surface area contributed by atoms with Gasteiger partial charge in [0.1, 0.15) is 3.70 Å². The molecule has 1 aromatic heterocycles. The predicted molar refractivity (Wildman–Crippen MR) is 71.3 cm³/mol. The van der Waals surface area contributed by atoms with Crippen LogP contribution >= 0.6 is 35.2 Å². The summed E-state index contributed by atoms with van der Waals surface area (Å²) in [4.78, 5) is 17.7. The van der Waals surface area contributed by atoms with Crippen molar-refractivity contribution in [1.29, 1.82) is 0 Å². The maximum atomic E-state index is 11.7. The van der Waals surface area contributed by atoms with Crippen molar-refractivity contribution < 1.29 is 4.79 Å². The van der Waals surface area contributed by atoms with Crippen LogP contribution in [0, 0.1) is 9.62 Å². The summed E-state index contributed by atoms with van der Waals surface area (Å²) in [5.41, 5.74) is 0.893. The molecule has 0 spiro atoms. The minimum atomic E-state index is 0.178. The fourth-order valence-corrected chi connectivity index (χ4v) is 2.24. The molecule has 1 atom stereocenters. The number of aromatic nitrogens is 1. The normalized spacial score (nSPS) is 21.1. The van der Waals surface area contributed by atoms with E-state index in [1.54, 1.807) is 11.1 Å². The third-order valence-electron chi connectivity index (χ3n) is 2.49. The lowest BCUT2D eigenvalue weighted by molar-refractivity contribution is -0.117. The van der Waals surface area contributed by atoms with Gasteiger partial charge in [-0.1, -0.05) is 0 Å². The Morgan fingerprint density at radius 2 is 2.40 bits per heavy atom. The molecule has 80 valence electrons. The van der Waals surface area contributed by atoms with Crippen LogP contribution < -0.4 is 4.90 Å². The third-order valence-corrected chi connectivity index (χ3v) is 3.64. The van der Waals surface area contributed by atoms with E-state index >= 15 is 0 Å². The minimum Gasteiger partial charge on any atom is -0.311 e. The van der Waals surface area contributed by atoms with Gasteiger partial charge in [0.15, 0.2) is 0 Å². The Hall–Kier alpha value is -0.300. The molecule has 0 aliphatic carbocycles. The highest BCUT2D eigenvalue weighted by atomic mass is 127. The Morgan fingerprint density at radius 3 is 2.93 bits per heavy atom. The van der Waals surface area contributed by atoms with Crippen molar-refractivity contribution in [3.63, 3.8) is 0 Å². The highest BCUT2D eigenvalue weighted by Gasteiger charge is 2.29. The van der Waals surface area contributed by atoms with Crippen molar-refractivity contribution in [3.8, 4) is 0 Å². The number of nitrogens with zero attached hydrogens (tertiary/aromatic N) is 2. The van der Waals surface area contributed by atoms with Gasteiger partial charge >= 0.3 is 0 Å². The van der Waals surface area contributed by atoms with Gasteiger partial charge in [-0.15, -0.1) is 0 Å². The molecular formula is C10H11IN2OS. The summed E-state index contributed by atoms with van der Waals surface area (Å²) in [6, 6.07) is 3.85. The first-order valence-corrected chi connectivity index (χ1v) is 6.44. The second kappa shape index (κ2) is 4.69. The molecule has 2 rings (SSSR count). The number of thiol groups is 1. The van der Waals surface area contributed by atoms with E-state index in [4.69, 9.17) is 0 Å². The SMILES string of the molecule is O=C1CC(CS)CN1c1ccc(I)nc1. The van der Waals surface area contributed by atoms with E-state index in [2.05, 4.69) is 40.2 Å². The van der Waals surface area contributed by atoms with E-state index < -0.39 is 0 Å². The molecule has 1 unspecified atom stereocenters. The van der Waals surface area contributed by atoms with E-state index in [9.17, 15) is 4.79 Å². The lowest BCUT2D eigenvalue weighted by atomic mass is 10.1. The van der Waals surface area contributed by atoms with Crippen LogP contribution in [-0.4, -0.2) is 23.2 Å². The zero-order valence-corrected chi connectivity index (χ0v) is 11.1. The second-order valence-electron chi connectivity index (χ2n) is 3.60. The summed E-state index contributed by atoms with van der Waals surface area (Å²) in [6.45, 7) is 0.768. The largest absolute Gasteiger partial charge is 0.311 e. The van der Waals surface area contributed by atoms with Crippen LogP contribution in [0.15, 0.2) is 18.3 Å². The van der Waals surface area contributed by atoms with Crippen LogP contribution in [0.4, 0.5) is 5.69 Å². The maximum Gasteiger partial charge on any atom is 0.227 e. The minimum absolute atomic E-state index is 0.178. The molecule has 2 heterocycles. The molecule has 3 nitrogen and oxygen atoms in total. The van der Waals surface area contributed by atoms with Crippen molar-refractivity contribution in [1.82, 2.24) is 4.98 Å². The number of amides is 1. The highest BCUT2D eigenvalue weighted by Crippen LogP contribution is 2.25. The van der Waals surface area contributed by atoms with Gasteiger partial charge in [0.2, 0.25) is 5.91 Å². The quantitative estimate of drug-likeness (QED) is 0.510. The van der Waals surface area contributed by atoms with Crippen LogP contribution in [0.2, 0.25) is 0 Å². The topological polar surface area (TPSA) is 33.2 Å². The molecule has 15 heavy (non-hydrogen) atoms. The summed E-state index contributed by atoms with van der Waals surface area (Å²) >= 11 is 6.38. The first kappa shape index (κ1) is 11.2. The van der Waals surface area contributed by atoms with Crippen molar-refractivity contribution in [2.75, 3.05) is 17.2 Å². The van der Waals surface area contributed by atoms with Crippen LogP contribution in [0.3, 0.4) is 0 Å². The van der Waals surface area contributed by atoms with E-state index in [0.29, 0.717) is 12.3 Å². The zero-order valence-electron chi connectivity index (χ0n) is 8.06. The molecule has 5 heteroatoms. The molecular weight excluding hydrogens is 323 g/mol. The Morgan fingerprint density at radius 1 is 1.60 bits per heavy atom. The van der Waals surface area contributed by atoms with Gasteiger partial charge in [0, 0.05) is 13.0 Å². The van der Waals surface area contributed by atoms with E-state index in [1.165, 1.54) is 0 Å². The number of hydrogen-bond donors (Lipinski definition) is 1. The first-order chi connectivity index (χ1) is 7.20. The Labute approximate surface area is 108 Å². The first-order valence-electron chi connectivity index (χ1n) is 4.73. The molecule has 0 aromatic carbocycles. The number of carbonyl (C=O) groups excluding carboxylic acids is 1. The van der Waals surface area contributed by atoms with Crippen molar-refractivity contribution in [3.05, 3.63) is 22.0 Å². The summed E-state index contributed by atoms with van der Waals surface area (Å²) in [5.74, 6) is 1.32. The average Bonchev–Trinajstić information content (AvgIpc) is 2.61. The lowest BCUT2D eigenvalue weighted by Crippen LogP contribution is -2.24. The van der Waals surface area contributed by atoms with Gasteiger partial charge < -0.3 is 4.90 Å². The fourth-order valence-electron chi connectivity index (χ4n) is 1.68. The van der Waals surface area contributed by atoms with Crippen molar-refractivity contribution in [2.24, 2.45) is 5.92 Å². The van der Waals surface area contributed by atoms with Crippen LogP contribution in [-0.2, 0) is 4.79 Å². The summed E-state index contributed by atoms with van der Waals surface area (Å²) in [6.07, 6.45) is 2.36. The van der Waals surface area contributed by atoms with Gasteiger partial charge in [0.05, 0.1) is 11.9 Å². The number of pyridine rings is 1. The Bertz CT molecular complexity index is 368. The van der Waals surface area contributed by atoms with Gasteiger partial charge in [0.25, 0.3) is 0 Å². The maximum absolute atomic E-state index is 11.7. The number of rotatable bonds is 2. The van der Waals surface area contributed by atoms with Gasteiger partial charge in [-0.2, -0.15) is 12.6 Å². The molecule has 0 N–H and O–H groups in total. The Kier molecular flexibility index (Phi) is 3.50. The molecule has 1 aliphatic heterocycles. The number of anilines is 1. The van der Waals surface area contributed by atoms with Crippen LogP contribution in [0.25, 0.3) is 0 Å². The van der Waals surface area contributed by atoms with Crippen LogP contribution in [0.5, 0.6) is 0 Å². The molecule has 1 fully saturated rings. The molecule has 1 aromatic rings. The predicted octanol–water partition coefficient (Wildman–Crippen LogP) is 1.97. The molecule has 1 saturated heterocycles. The molecule has 0 radical (unpaired) electrons. The number of carbonyl (C=O) groups is 1. The molecule has 1 amide bonds. The molecule has 0 saturated carbocycles. The fraction of sp³-hybridized carbons (Fsp3) is 0.400. The van der Waals surface area contributed by atoms with Gasteiger partial charge in [-0.3, -0.25) is 4.79 Å². The number of halogens is 1. The number of hydrogen-bond acceptors (Lipinski definition) is 3. The smallest absolute Gasteiger partial charge is 0.227 e. The molecule has 0 bridgehead atoms. The van der Waals surface area contributed by atoms with E-state index in [-0.39, 0.29) is 5.91 Å². The summed E-state index contributed by atoms with van der Waals surface area (Å²) in [5, 5.41) is 0. The third kappa shape index (κ3) is 2.44. The molecule has 1 aliphatic rings. The lowest BCUT2D eigenvalue weighted by Gasteiger charge is -2.15. The Balaban J connectivity index is 2.18. The van der Waals surface area contributed by atoms with Crippen molar-refractivity contribution in [2.45, 2.75) is 6.42 Å². The highest BCUT2D eigenvalue weighted by molar-refractivity contribution is 14.1. The second-order valence-corrected chi connectivity index (χ2v) is 5.07. The van der Waals surface area contributed by atoms with Gasteiger partial charge in [-0.25, -0.2) is 4.98 Å². The van der Waals surface area contributed by atoms with E-state index in [0.717, 1.165) is 21.7 Å². The monoisotopic (exact) mass is 334 g/mol. The average molecular weight is 334 g/mol. The van der Waals surface area contributed by atoms with Crippen LogP contribution in [0.1, 0.15) is 6.42 Å². The van der Waals surface area contributed by atoms with Gasteiger partial charge in [-0.05, 0) is 46.4 Å². The summed E-state index contributed by atoms with van der Waals surface area (Å²) in [7, 11) is 0. The summed E-state index contributed by atoms with van der Waals surface area (Å²) < 4.78 is 0.939. The van der Waals surface area contributed by atoms with Crippen molar-refractivity contribution >= 4 is 46.8 Å². The van der Waals surface area contributed by atoms with E-state index in [1.807, 2.05) is 12.1 Å².